The van der Waals surface area contributed by atoms with Gasteiger partial charge in [0.1, 0.15) is 5.82 Å². The van der Waals surface area contributed by atoms with Crippen LogP contribution in [0.3, 0.4) is 0 Å². The highest BCUT2D eigenvalue weighted by Gasteiger charge is 2.12. The lowest BCUT2D eigenvalue weighted by molar-refractivity contribution is 0.0987. The van der Waals surface area contributed by atoms with Gasteiger partial charge in [-0.1, -0.05) is 5.16 Å². The lowest BCUT2D eigenvalue weighted by Crippen LogP contribution is -2.12. The fourth-order valence-corrected chi connectivity index (χ4v) is 1.48. The minimum atomic E-state index is -0.361. The molecule has 0 bridgehead atoms. The molecule has 0 fully saturated rings. The number of hydrogen-bond acceptors (Lipinski definition) is 4. The Kier molecular flexibility index (Phi) is 3.23. The number of nitrogens with zero attached hydrogens (tertiary/aromatic N) is 2. The molecule has 0 aliphatic heterocycles. The average Bonchev–Trinajstić information content (AvgIpc) is 2.70. The summed E-state index contributed by atoms with van der Waals surface area (Å²) in [7, 11) is 0. The minimum absolute atomic E-state index is 0.171. The van der Waals surface area contributed by atoms with Crippen molar-refractivity contribution in [3.05, 3.63) is 39.8 Å². The van der Waals surface area contributed by atoms with Gasteiger partial charge >= 0.3 is 0 Å². The largest absolute Gasteiger partial charge is 0.351 e. The number of aromatic nitrogens is 2. The first-order valence-corrected chi connectivity index (χ1v) is 5.73. The fraction of sp³-hybridized carbons (Fsp3) is 0.182. The highest BCUT2D eigenvalue weighted by molar-refractivity contribution is 9.10. The minimum Gasteiger partial charge on any atom is -0.351 e. The summed E-state index contributed by atoms with van der Waals surface area (Å²) < 4.78 is 5.75. The van der Waals surface area contributed by atoms with Crippen molar-refractivity contribution < 1.29 is 9.32 Å². The summed E-state index contributed by atoms with van der Waals surface area (Å²) in [6.07, 6.45) is 0. The van der Waals surface area contributed by atoms with Gasteiger partial charge in [-0.3, -0.25) is 4.79 Å². The van der Waals surface area contributed by atoms with Crippen molar-refractivity contribution in [2.45, 2.75) is 13.8 Å². The molecule has 1 N–H and O–H groups in total. The van der Waals surface area contributed by atoms with Crippen LogP contribution in [0.4, 0.5) is 5.82 Å². The molecule has 88 valence electrons. The summed E-state index contributed by atoms with van der Waals surface area (Å²) in [6.45, 7) is 3.60. The molecule has 5 nitrogen and oxygen atoms in total. The standard InChI is InChI=1S/C11H10BrN3O2/c1-6-5-9(17-15-6)11(16)14-10-4-3-8(12)7(2)13-10/h3-5H,1-2H3,(H,13,14,16). The van der Waals surface area contributed by atoms with Crippen molar-refractivity contribution in [2.75, 3.05) is 5.32 Å². The van der Waals surface area contributed by atoms with Crippen LogP contribution in [0.5, 0.6) is 0 Å². The SMILES string of the molecule is Cc1cc(C(=O)Nc2ccc(Br)c(C)n2)on1. The molecular weight excluding hydrogens is 286 g/mol. The first-order chi connectivity index (χ1) is 8.06. The fourth-order valence-electron chi connectivity index (χ4n) is 1.26. The third-order valence-corrected chi connectivity index (χ3v) is 2.95. The molecular formula is C11H10BrN3O2. The molecule has 6 heteroatoms. The molecule has 2 aromatic heterocycles. The Balaban J connectivity index is 2.15. The maximum atomic E-state index is 11.7. The van der Waals surface area contributed by atoms with E-state index in [-0.39, 0.29) is 11.7 Å². The normalized spacial score (nSPS) is 10.3. The Morgan fingerprint density at radius 2 is 2.18 bits per heavy atom. The molecule has 0 atom stereocenters. The number of aryl methyl sites for hydroxylation is 2. The number of carbonyl (C=O) groups excluding carboxylic acids is 1. The summed E-state index contributed by atoms with van der Waals surface area (Å²) >= 11 is 3.34. The Labute approximate surface area is 106 Å². The molecule has 0 unspecified atom stereocenters. The number of nitrogens with one attached hydrogen (secondary N) is 1. The Morgan fingerprint density at radius 1 is 1.41 bits per heavy atom. The molecule has 0 aliphatic carbocycles. The smallest absolute Gasteiger partial charge is 0.295 e. The quantitative estimate of drug-likeness (QED) is 0.925. The molecule has 0 saturated carbocycles. The maximum absolute atomic E-state index is 11.7. The van der Waals surface area contributed by atoms with Crippen molar-refractivity contribution >= 4 is 27.7 Å². The topological polar surface area (TPSA) is 68.0 Å². The van der Waals surface area contributed by atoms with Crippen LogP contribution in [0.15, 0.2) is 27.2 Å². The zero-order valence-corrected chi connectivity index (χ0v) is 10.9. The van der Waals surface area contributed by atoms with E-state index in [1.165, 1.54) is 0 Å². The van der Waals surface area contributed by atoms with Gasteiger partial charge in [0.2, 0.25) is 5.76 Å². The van der Waals surface area contributed by atoms with Crippen molar-refractivity contribution in [1.29, 1.82) is 0 Å². The second-order valence-electron chi connectivity index (χ2n) is 3.55. The van der Waals surface area contributed by atoms with Crippen LogP contribution in [0.2, 0.25) is 0 Å². The van der Waals surface area contributed by atoms with Crippen LogP contribution in [0, 0.1) is 13.8 Å². The molecule has 2 heterocycles. The molecule has 2 rings (SSSR count). The summed E-state index contributed by atoms with van der Waals surface area (Å²) in [6, 6.07) is 5.10. The monoisotopic (exact) mass is 295 g/mol. The summed E-state index contributed by atoms with van der Waals surface area (Å²) in [5.74, 6) is 0.287. The van der Waals surface area contributed by atoms with Gasteiger partial charge in [0, 0.05) is 10.5 Å². The van der Waals surface area contributed by atoms with Crippen LogP contribution in [0.25, 0.3) is 0 Å². The number of rotatable bonds is 2. The lowest BCUT2D eigenvalue weighted by Gasteiger charge is -2.03. The zero-order chi connectivity index (χ0) is 12.4. The third kappa shape index (κ3) is 2.71. The second-order valence-corrected chi connectivity index (χ2v) is 4.40. The zero-order valence-electron chi connectivity index (χ0n) is 9.32. The highest BCUT2D eigenvalue weighted by atomic mass is 79.9. The third-order valence-electron chi connectivity index (χ3n) is 2.11. The first-order valence-electron chi connectivity index (χ1n) is 4.94. The summed E-state index contributed by atoms with van der Waals surface area (Å²) in [5, 5.41) is 6.28. The van der Waals surface area contributed by atoms with Gasteiger partial charge in [0.25, 0.3) is 5.91 Å². The molecule has 17 heavy (non-hydrogen) atoms. The molecule has 0 saturated heterocycles. The van der Waals surface area contributed by atoms with Gasteiger partial charge in [-0.15, -0.1) is 0 Å². The van der Waals surface area contributed by atoms with Crippen LogP contribution in [-0.2, 0) is 0 Å². The van der Waals surface area contributed by atoms with Gasteiger partial charge < -0.3 is 9.84 Å². The summed E-state index contributed by atoms with van der Waals surface area (Å²) in [4.78, 5) is 15.9. The van der Waals surface area contributed by atoms with Crippen molar-refractivity contribution in [1.82, 2.24) is 10.1 Å². The highest BCUT2D eigenvalue weighted by Crippen LogP contribution is 2.16. The number of pyridine rings is 1. The molecule has 1 amide bonds. The Bertz CT molecular complexity index is 566. The number of anilines is 1. The Morgan fingerprint density at radius 3 is 2.76 bits per heavy atom. The van der Waals surface area contributed by atoms with Crippen LogP contribution >= 0.6 is 15.9 Å². The van der Waals surface area contributed by atoms with Crippen LogP contribution in [0.1, 0.15) is 21.9 Å². The second kappa shape index (κ2) is 4.67. The average molecular weight is 296 g/mol. The van der Waals surface area contributed by atoms with Crippen LogP contribution < -0.4 is 5.32 Å². The first kappa shape index (κ1) is 11.8. The van der Waals surface area contributed by atoms with E-state index in [4.69, 9.17) is 4.52 Å². The number of carbonyl (C=O) groups is 1. The molecule has 0 aromatic carbocycles. The van der Waals surface area contributed by atoms with E-state index in [1.54, 1.807) is 19.1 Å². The van der Waals surface area contributed by atoms with Gasteiger partial charge in [-0.25, -0.2) is 4.98 Å². The van der Waals surface area contributed by atoms with Gasteiger partial charge in [-0.05, 0) is 41.9 Å². The van der Waals surface area contributed by atoms with Crippen molar-refractivity contribution in [3.63, 3.8) is 0 Å². The van der Waals surface area contributed by atoms with Gasteiger partial charge in [0.05, 0.1) is 11.4 Å². The van der Waals surface area contributed by atoms with Crippen LogP contribution in [-0.4, -0.2) is 16.0 Å². The predicted molar refractivity (Wildman–Crippen MR) is 65.9 cm³/mol. The molecule has 0 radical (unpaired) electrons. The van der Waals surface area contributed by atoms with E-state index < -0.39 is 0 Å². The van der Waals surface area contributed by atoms with E-state index >= 15 is 0 Å². The van der Waals surface area contributed by atoms with Crippen molar-refractivity contribution in [3.8, 4) is 0 Å². The van der Waals surface area contributed by atoms with E-state index in [9.17, 15) is 4.79 Å². The van der Waals surface area contributed by atoms with Gasteiger partial charge in [0.15, 0.2) is 0 Å². The molecule has 0 aliphatic rings. The van der Waals surface area contributed by atoms with Crippen molar-refractivity contribution in [2.24, 2.45) is 0 Å². The Hall–Kier alpha value is -1.69. The van der Waals surface area contributed by atoms with E-state index in [1.807, 2.05) is 13.0 Å². The maximum Gasteiger partial charge on any atom is 0.295 e. The number of halogens is 1. The summed E-state index contributed by atoms with van der Waals surface area (Å²) in [5.41, 5.74) is 1.46. The lowest BCUT2D eigenvalue weighted by atomic mass is 10.3. The van der Waals surface area contributed by atoms with E-state index in [0.717, 1.165) is 10.2 Å². The predicted octanol–water partition coefficient (Wildman–Crippen LogP) is 2.70. The van der Waals surface area contributed by atoms with Gasteiger partial charge in [-0.2, -0.15) is 0 Å². The number of amides is 1. The van der Waals surface area contributed by atoms with E-state index in [0.29, 0.717) is 11.5 Å². The number of hydrogen-bond donors (Lipinski definition) is 1. The van der Waals surface area contributed by atoms with E-state index in [2.05, 4.69) is 31.4 Å². The molecule has 2 aromatic rings. The molecule has 0 spiro atoms.